The fourth-order valence-corrected chi connectivity index (χ4v) is 2.43. The minimum absolute atomic E-state index is 0.154. The highest BCUT2D eigenvalue weighted by Gasteiger charge is 2.19. The van der Waals surface area contributed by atoms with E-state index in [0.717, 1.165) is 5.56 Å². The molecule has 25 heavy (non-hydrogen) atoms. The van der Waals surface area contributed by atoms with Crippen LogP contribution in [0.25, 0.3) is 0 Å². The Kier molecular flexibility index (Phi) is 5.98. The Bertz CT molecular complexity index is 792. The molecule has 0 aliphatic heterocycles. The maximum Gasteiger partial charge on any atom is 0.271 e. The summed E-state index contributed by atoms with van der Waals surface area (Å²) in [7, 11) is 0. The van der Waals surface area contributed by atoms with Crippen molar-refractivity contribution in [1.82, 2.24) is 0 Å². The summed E-state index contributed by atoms with van der Waals surface area (Å²) < 4.78 is 5.77. The molecule has 1 N–H and O–H groups in total. The number of nitrogens with one attached hydrogen (secondary N) is 1. The van der Waals surface area contributed by atoms with E-state index in [1.54, 1.807) is 13.0 Å². The van der Waals surface area contributed by atoms with Crippen molar-refractivity contribution in [2.24, 2.45) is 0 Å². The molecule has 0 aliphatic rings. The third-order valence-electron chi connectivity index (χ3n) is 3.63. The normalized spacial score (nSPS) is 11.9. The number of amides is 1. The fraction of sp³-hybridized carbons (Fsp3) is 0.278. The van der Waals surface area contributed by atoms with Gasteiger partial charge < -0.3 is 10.1 Å². The smallest absolute Gasteiger partial charge is 0.271 e. The standard InChI is InChI=1S/C18H19ClN2O4/c1-11(2)14-6-4-5-7-17(14)25-12(3)18(22)20-16-10-13(21(23)24)8-9-15(16)19/h4-12H,1-3H3,(H,20,22). The highest BCUT2D eigenvalue weighted by molar-refractivity contribution is 6.33. The number of hydrogen-bond acceptors (Lipinski definition) is 4. The zero-order chi connectivity index (χ0) is 18.6. The van der Waals surface area contributed by atoms with E-state index in [1.807, 2.05) is 32.0 Å². The number of nitrogens with zero attached hydrogens (tertiary/aromatic N) is 1. The van der Waals surface area contributed by atoms with Crippen molar-refractivity contribution >= 4 is 28.9 Å². The Morgan fingerprint density at radius 1 is 1.20 bits per heavy atom. The summed E-state index contributed by atoms with van der Waals surface area (Å²) >= 11 is 6.00. The number of halogens is 1. The number of para-hydroxylation sites is 1. The second-order valence-corrected chi connectivity index (χ2v) is 6.27. The number of nitro groups is 1. The third kappa shape index (κ3) is 4.70. The lowest BCUT2D eigenvalue weighted by Gasteiger charge is -2.19. The van der Waals surface area contributed by atoms with Gasteiger partial charge >= 0.3 is 0 Å². The van der Waals surface area contributed by atoms with Gasteiger partial charge in [0.2, 0.25) is 0 Å². The minimum Gasteiger partial charge on any atom is -0.481 e. The summed E-state index contributed by atoms with van der Waals surface area (Å²) in [5, 5.41) is 13.6. The van der Waals surface area contributed by atoms with Crippen LogP contribution in [-0.4, -0.2) is 16.9 Å². The lowest BCUT2D eigenvalue weighted by atomic mass is 10.0. The first-order valence-corrected chi connectivity index (χ1v) is 8.17. The Hall–Kier alpha value is -2.60. The third-order valence-corrected chi connectivity index (χ3v) is 3.96. The van der Waals surface area contributed by atoms with Crippen molar-refractivity contribution in [2.75, 3.05) is 5.32 Å². The predicted molar refractivity (Wildman–Crippen MR) is 97.4 cm³/mol. The van der Waals surface area contributed by atoms with Gasteiger partial charge in [0.25, 0.3) is 11.6 Å². The quantitative estimate of drug-likeness (QED) is 0.592. The van der Waals surface area contributed by atoms with Gasteiger partial charge in [-0.05, 0) is 30.5 Å². The van der Waals surface area contributed by atoms with Gasteiger partial charge in [-0.15, -0.1) is 0 Å². The van der Waals surface area contributed by atoms with Crippen LogP contribution in [0.1, 0.15) is 32.3 Å². The SMILES string of the molecule is CC(Oc1ccccc1C(C)C)C(=O)Nc1cc([N+](=O)[O-])ccc1Cl. The molecule has 2 aromatic rings. The molecule has 0 radical (unpaired) electrons. The number of non-ortho nitro benzene ring substituents is 1. The minimum atomic E-state index is -0.796. The number of benzene rings is 2. The van der Waals surface area contributed by atoms with E-state index in [9.17, 15) is 14.9 Å². The lowest BCUT2D eigenvalue weighted by Crippen LogP contribution is -2.30. The molecule has 1 atom stereocenters. The average molecular weight is 363 g/mol. The van der Waals surface area contributed by atoms with Crippen molar-refractivity contribution in [3.63, 3.8) is 0 Å². The van der Waals surface area contributed by atoms with E-state index in [0.29, 0.717) is 5.75 Å². The van der Waals surface area contributed by atoms with E-state index in [-0.39, 0.29) is 22.3 Å². The van der Waals surface area contributed by atoms with E-state index in [1.165, 1.54) is 18.2 Å². The van der Waals surface area contributed by atoms with Crippen LogP contribution in [0.4, 0.5) is 11.4 Å². The summed E-state index contributed by atoms with van der Waals surface area (Å²) in [5.74, 6) is 0.434. The molecule has 6 nitrogen and oxygen atoms in total. The zero-order valence-electron chi connectivity index (χ0n) is 14.2. The number of hydrogen-bond donors (Lipinski definition) is 1. The molecule has 2 aromatic carbocycles. The number of carbonyl (C=O) groups is 1. The largest absolute Gasteiger partial charge is 0.481 e. The molecular weight excluding hydrogens is 344 g/mol. The topological polar surface area (TPSA) is 81.5 Å². The number of ether oxygens (including phenoxy) is 1. The second kappa shape index (κ2) is 7.98. The van der Waals surface area contributed by atoms with Crippen LogP contribution < -0.4 is 10.1 Å². The fourth-order valence-electron chi connectivity index (χ4n) is 2.27. The van der Waals surface area contributed by atoms with Crippen molar-refractivity contribution in [3.05, 3.63) is 63.2 Å². The van der Waals surface area contributed by atoms with Crippen LogP contribution in [0.5, 0.6) is 5.75 Å². The van der Waals surface area contributed by atoms with Crippen LogP contribution in [0, 0.1) is 10.1 Å². The van der Waals surface area contributed by atoms with E-state index < -0.39 is 16.9 Å². The maximum absolute atomic E-state index is 12.4. The Labute approximate surface area is 150 Å². The van der Waals surface area contributed by atoms with Gasteiger partial charge in [-0.2, -0.15) is 0 Å². The molecule has 132 valence electrons. The molecule has 0 aromatic heterocycles. The van der Waals surface area contributed by atoms with Crippen molar-refractivity contribution in [2.45, 2.75) is 32.8 Å². The van der Waals surface area contributed by atoms with E-state index in [4.69, 9.17) is 16.3 Å². The summed E-state index contributed by atoms with van der Waals surface area (Å²) in [6.45, 7) is 5.68. The van der Waals surface area contributed by atoms with Gasteiger partial charge in [0.05, 0.1) is 15.6 Å². The highest BCUT2D eigenvalue weighted by Crippen LogP contribution is 2.28. The van der Waals surface area contributed by atoms with Crippen molar-refractivity contribution in [3.8, 4) is 5.75 Å². The number of rotatable bonds is 6. The molecule has 0 fully saturated rings. The molecule has 1 unspecified atom stereocenters. The van der Waals surface area contributed by atoms with Gasteiger partial charge in [-0.3, -0.25) is 14.9 Å². The van der Waals surface area contributed by atoms with Crippen LogP contribution in [0.2, 0.25) is 5.02 Å². The molecule has 0 saturated heterocycles. The lowest BCUT2D eigenvalue weighted by molar-refractivity contribution is -0.384. The monoisotopic (exact) mass is 362 g/mol. The maximum atomic E-state index is 12.4. The van der Waals surface area contributed by atoms with Crippen LogP contribution in [0.15, 0.2) is 42.5 Å². The predicted octanol–water partition coefficient (Wildman–Crippen LogP) is 4.78. The molecule has 0 aliphatic carbocycles. The van der Waals surface area contributed by atoms with E-state index >= 15 is 0 Å². The van der Waals surface area contributed by atoms with Gasteiger partial charge in [0, 0.05) is 12.1 Å². The molecule has 2 rings (SSSR count). The van der Waals surface area contributed by atoms with Crippen LogP contribution in [0.3, 0.4) is 0 Å². The van der Waals surface area contributed by atoms with Crippen LogP contribution in [-0.2, 0) is 4.79 Å². The van der Waals surface area contributed by atoms with Crippen LogP contribution >= 0.6 is 11.6 Å². The highest BCUT2D eigenvalue weighted by atomic mass is 35.5. The first kappa shape index (κ1) is 18.7. The zero-order valence-corrected chi connectivity index (χ0v) is 14.9. The summed E-state index contributed by atoms with van der Waals surface area (Å²) in [6.07, 6.45) is -0.796. The van der Waals surface area contributed by atoms with E-state index in [2.05, 4.69) is 5.32 Å². The average Bonchev–Trinajstić information content (AvgIpc) is 2.56. The first-order chi connectivity index (χ1) is 11.8. The van der Waals surface area contributed by atoms with Gasteiger partial charge in [-0.25, -0.2) is 0 Å². The molecule has 0 saturated carbocycles. The van der Waals surface area contributed by atoms with Crippen molar-refractivity contribution in [1.29, 1.82) is 0 Å². The van der Waals surface area contributed by atoms with Gasteiger partial charge in [0.1, 0.15) is 5.75 Å². The second-order valence-electron chi connectivity index (χ2n) is 5.86. The first-order valence-electron chi connectivity index (χ1n) is 7.80. The molecule has 1 amide bonds. The Morgan fingerprint density at radius 2 is 1.88 bits per heavy atom. The number of anilines is 1. The molecule has 0 heterocycles. The summed E-state index contributed by atoms with van der Waals surface area (Å²) in [6, 6.07) is 11.4. The Balaban J connectivity index is 2.14. The molecular formula is C18H19ClN2O4. The molecule has 7 heteroatoms. The molecule has 0 bridgehead atoms. The summed E-state index contributed by atoms with van der Waals surface area (Å²) in [4.78, 5) is 22.7. The number of nitro benzene ring substituents is 1. The molecule has 0 spiro atoms. The Morgan fingerprint density at radius 3 is 2.52 bits per heavy atom. The van der Waals surface area contributed by atoms with Gasteiger partial charge in [-0.1, -0.05) is 43.6 Å². The summed E-state index contributed by atoms with van der Waals surface area (Å²) in [5.41, 5.74) is 1.02. The van der Waals surface area contributed by atoms with Gasteiger partial charge in [0.15, 0.2) is 6.10 Å². The number of carbonyl (C=O) groups excluding carboxylic acids is 1. The van der Waals surface area contributed by atoms with Crippen molar-refractivity contribution < 1.29 is 14.5 Å².